The lowest BCUT2D eigenvalue weighted by Gasteiger charge is -2.36. The third-order valence-corrected chi connectivity index (χ3v) is 9.85. The van der Waals surface area contributed by atoms with Crippen molar-refractivity contribution in [1.29, 1.82) is 0 Å². The van der Waals surface area contributed by atoms with E-state index in [0.717, 1.165) is 33.4 Å². The molecule has 0 aliphatic heterocycles. The summed E-state index contributed by atoms with van der Waals surface area (Å²) in [6.07, 6.45) is 0. The molecule has 0 spiro atoms. The minimum Gasteiger partial charge on any atom is -0.453 e. The zero-order valence-corrected chi connectivity index (χ0v) is 29.8. The van der Waals surface area contributed by atoms with Gasteiger partial charge in [-0.05, 0) is 82.9 Å². The fourth-order valence-corrected chi connectivity index (χ4v) is 7.54. The van der Waals surface area contributed by atoms with Crippen molar-refractivity contribution in [3.05, 3.63) is 216 Å². The lowest BCUT2D eigenvalue weighted by Crippen LogP contribution is -2.29. The van der Waals surface area contributed by atoms with Crippen molar-refractivity contribution >= 4 is 11.4 Å². The Bertz CT molecular complexity index is 2460. The summed E-state index contributed by atoms with van der Waals surface area (Å²) in [6.45, 7) is 0. The number of fused-ring (bicyclic) bond motifs is 3. The Morgan fingerprint density at radius 2 is 0.655 bits per heavy atom. The summed E-state index contributed by atoms with van der Waals surface area (Å²) in [7, 11) is 0. The highest BCUT2D eigenvalue weighted by Crippen LogP contribution is 2.60. The minimum atomic E-state index is -0.886. The summed E-state index contributed by atoms with van der Waals surface area (Å²) < 4.78 is 26.6. The van der Waals surface area contributed by atoms with Crippen LogP contribution in [0.5, 0.6) is 46.0 Å². The Kier molecular flexibility index (Phi) is 8.61. The van der Waals surface area contributed by atoms with E-state index in [-0.39, 0.29) is 0 Å². The Balaban J connectivity index is 1.24. The average molecular weight is 717 g/mol. The van der Waals surface area contributed by atoms with Crippen LogP contribution in [0.1, 0.15) is 22.3 Å². The van der Waals surface area contributed by atoms with Crippen LogP contribution in [0.4, 0.5) is 11.4 Å². The zero-order valence-electron chi connectivity index (χ0n) is 29.8. The normalized spacial score (nSPS) is 12.3. The summed E-state index contributed by atoms with van der Waals surface area (Å²) in [6, 6.07) is 63.5. The molecule has 0 radical (unpaired) electrons. The number of benzene rings is 8. The van der Waals surface area contributed by atoms with Crippen LogP contribution in [0.3, 0.4) is 0 Å². The van der Waals surface area contributed by atoms with Crippen molar-refractivity contribution in [1.82, 2.24) is 0 Å². The Hall–Kier alpha value is -7.44. The maximum atomic E-state index is 6.96. The van der Waals surface area contributed by atoms with Gasteiger partial charge in [0.2, 0.25) is 0 Å². The van der Waals surface area contributed by atoms with Crippen molar-refractivity contribution in [3.63, 3.8) is 0 Å². The summed E-state index contributed by atoms with van der Waals surface area (Å²) in [5, 5.41) is 0. The number of nitrogens with two attached hydrogens (primary N) is 2. The minimum absolute atomic E-state index is 0.500. The number of hydrogen-bond acceptors (Lipinski definition) is 6. The van der Waals surface area contributed by atoms with Gasteiger partial charge in [-0.25, -0.2) is 0 Å². The number of hydrogen-bond donors (Lipinski definition) is 2. The molecule has 0 fully saturated rings. The van der Waals surface area contributed by atoms with E-state index in [0.29, 0.717) is 57.4 Å². The largest absolute Gasteiger partial charge is 0.453 e. The molecule has 266 valence electrons. The maximum absolute atomic E-state index is 6.96. The lowest BCUT2D eigenvalue weighted by atomic mass is 9.67. The fraction of sp³-hybridized carbons (Fsp3) is 0.0204. The Labute approximate surface area is 319 Å². The molecule has 6 heteroatoms. The van der Waals surface area contributed by atoms with Crippen LogP contribution >= 0.6 is 0 Å². The molecule has 4 N–H and O–H groups in total. The van der Waals surface area contributed by atoms with Crippen LogP contribution in [0, 0.1) is 0 Å². The SMILES string of the molecule is Nc1ccc(Oc2ccccc2C2(c3ccccc3Oc3ccc(N)cc3Oc3ccccc3)c3ccccc3-c3ccccc32)c(Oc2ccccc2)c1. The fourth-order valence-electron chi connectivity index (χ4n) is 7.54. The van der Waals surface area contributed by atoms with Crippen LogP contribution in [-0.2, 0) is 5.41 Å². The summed E-state index contributed by atoms with van der Waals surface area (Å²) in [5.74, 6) is 4.68. The molecule has 0 unspecified atom stereocenters. The van der Waals surface area contributed by atoms with Crippen LogP contribution in [0.15, 0.2) is 194 Å². The second-order valence-corrected chi connectivity index (χ2v) is 13.3. The third-order valence-electron chi connectivity index (χ3n) is 9.85. The van der Waals surface area contributed by atoms with Crippen LogP contribution in [0.25, 0.3) is 11.1 Å². The first-order valence-corrected chi connectivity index (χ1v) is 18.1. The molecule has 9 rings (SSSR count). The second-order valence-electron chi connectivity index (χ2n) is 13.3. The molecule has 55 heavy (non-hydrogen) atoms. The standard InChI is InChI=1S/C49H36N2O4/c50-33-27-29-45(47(31-33)52-35-15-3-1-4-16-35)54-43-25-13-11-23-41(43)49(39-21-9-7-19-37(39)38-20-8-10-22-40(38)49)42-24-12-14-26-44(42)55-46-30-28-34(51)32-48(46)53-36-17-5-2-6-18-36/h1-32H,50-51H2. The smallest absolute Gasteiger partial charge is 0.171 e. The summed E-state index contributed by atoms with van der Waals surface area (Å²) >= 11 is 0. The third kappa shape index (κ3) is 6.15. The van der Waals surface area contributed by atoms with Gasteiger partial charge in [0.25, 0.3) is 0 Å². The van der Waals surface area contributed by atoms with Crippen LogP contribution in [-0.4, -0.2) is 0 Å². The molecular formula is C49H36N2O4. The molecule has 0 saturated carbocycles. The van der Waals surface area contributed by atoms with Crippen molar-refractivity contribution in [2.24, 2.45) is 0 Å². The molecule has 1 aliphatic carbocycles. The summed E-state index contributed by atoms with van der Waals surface area (Å²) in [5.41, 5.74) is 19.1. The van der Waals surface area contributed by atoms with Crippen LogP contribution in [0.2, 0.25) is 0 Å². The first-order valence-electron chi connectivity index (χ1n) is 18.1. The van der Waals surface area contributed by atoms with Crippen molar-refractivity contribution in [2.75, 3.05) is 11.5 Å². The lowest BCUT2D eigenvalue weighted by molar-refractivity contribution is 0.408. The van der Waals surface area contributed by atoms with Crippen molar-refractivity contribution in [2.45, 2.75) is 5.41 Å². The highest BCUT2D eigenvalue weighted by Gasteiger charge is 2.49. The van der Waals surface area contributed by atoms with Gasteiger partial charge in [0.05, 0.1) is 5.41 Å². The molecule has 0 bridgehead atoms. The predicted molar refractivity (Wildman–Crippen MR) is 219 cm³/mol. The molecular weight excluding hydrogens is 681 g/mol. The quantitative estimate of drug-likeness (QED) is 0.137. The van der Waals surface area contributed by atoms with E-state index in [1.807, 2.05) is 121 Å². The monoisotopic (exact) mass is 716 g/mol. The van der Waals surface area contributed by atoms with Gasteiger partial charge in [-0.2, -0.15) is 0 Å². The van der Waals surface area contributed by atoms with Gasteiger partial charge in [-0.3, -0.25) is 0 Å². The van der Waals surface area contributed by atoms with Gasteiger partial charge < -0.3 is 30.4 Å². The summed E-state index contributed by atoms with van der Waals surface area (Å²) in [4.78, 5) is 0. The molecule has 8 aromatic rings. The van der Waals surface area contributed by atoms with E-state index < -0.39 is 5.41 Å². The number of anilines is 2. The first-order chi connectivity index (χ1) is 27.1. The molecule has 0 heterocycles. The molecule has 0 atom stereocenters. The number of para-hydroxylation sites is 4. The highest BCUT2D eigenvalue weighted by atomic mass is 16.5. The number of nitrogen functional groups attached to an aromatic ring is 2. The van der Waals surface area contributed by atoms with Gasteiger partial charge in [-0.1, -0.05) is 121 Å². The molecule has 8 aromatic carbocycles. The van der Waals surface area contributed by atoms with Crippen molar-refractivity contribution < 1.29 is 18.9 Å². The predicted octanol–water partition coefficient (Wildman–Crippen LogP) is 12.4. The molecule has 6 nitrogen and oxygen atoms in total. The van der Waals surface area contributed by atoms with E-state index >= 15 is 0 Å². The molecule has 0 saturated heterocycles. The number of rotatable bonds is 10. The van der Waals surface area contributed by atoms with Crippen molar-refractivity contribution in [3.8, 4) is 57.1 Å². The first kappa shape index (κ1) is 33.4. The topological polar surface area (TPSA) is 89.0 Å². The Morgan fingerprint density at radius 3 is 1.09 bits per heavy atom. The van der Waals surface area contributed by atoms with Gasteiger partial charge >= 0.3 is 0 Å². The average Bonchev–Trinajstić information content (AvgIpc) is 3.52. The van der Waals surface area contributed by atoms with Gasteiger partial charge in [0.1, 0.15) is 23.0 Å². The van der Waals surface area contributed by atoms with E-state index in [2.05, 4.69) is 60.7 Å². The Morgan fingerprint density at radius 1 is 0.291 bits per heavy atom. The van der Waals surface area contributed by atoms with Crippen LogP contribution < -0.4 is 30.4 Å². The van der Waals surface area contributed by atoms with E-state index in [1.165, 1.54) is 0 Å². The van der Waals surface area contributed by atoms with E-state index in [4.69, 9.17) is 30.4 Å². The van der Waals surface area contributed by atoms with E-state index in [9.17, 15) is 0 Å². The second kappa shape index (κ2) is 14.2. The zero-order chi connectivity index (χ0) is 37.2. The molecule has 1 aliphatic rings. The maximum Gasteiger partial charge on any atom is 0.171 e. The molecule has 0 amide bonds. The molecule has 0 aromatic heterocycles. The van der Waals surface area contributed by atoms with Gasteiger partial charge in [0, 0.05) is 34.6 Å². The highest BCUT2D eigenvalue weighted by molar-refractivity contribution is 5.87. The number of ether oxygens (including phenoxy) is 4. The van der Waals surface area contributed by atoms with Gasteiger partial charge in [-0.15, -0.1) is 0 Å². The van der Waals surface area contributed by atoms with E-state index in [1.54, 1.807) is 12.1 Å². The van der Waals surface area contributed by atoms with Gasteiger partial charge in [0.15, 0.2) is 23.0 Å².